The molecule has 0 unspecified atom stereocenters. The number of hydrogen-bond acceptors (Lipinski definition) is 4. The molecule has 0 fully saturated rings. The predicted octanol–water partition coefficient (Wildman–Crippen LogP) is 2.75. The highest BCUT2D eigenvalue weighted by molar-refractivity contribution is 9.10. The Kier molecular flexibility index (Phi) is 8.31. The fourth-order valence-corrected chi connectivity index (χ4v) is 2.39. The standard InChI is InChI=1S/C18H19BrN6S2/c1-20-17(26)24-22-15(12-6-4-3-5-7-12)16(23-25-18(27)21-2)13-8-10-14(19)11-9-13/h3-11H,1-2H3,(H2,20,24,26)(H2,21,25,27)/b22-15+,23-16+. The van der Waals surface area contributed by atoms with E-state index in [1.807, 2.05) is 54.6 Å². The second kappa shape index (κ2) is 10.7. The number of hydrogen-bond donors (Lipinski definition) is 4. The Balaban J connectivity index is 2.56. The molecule has 27 heavy (non-hydrogen) atoms. The SMILES string of the molecule is CNC(=S)N/N=C(/C(=N/NC(=S)NC)c1ccc(Br)cc1)c1ccccc1. The van der Waals surface area contributed by atoms with Gasteiger partial charge < -0.3 is 10.6 Å². The molecule has 0 spiro atoms. The zero-order valence-corrected chi connectivity index (χ0v) is 18.0. The van der Waals surface area contributed by atoms with Crippen molar-refractivity contribution >= 4 is 62.0 Å². The molecule has 0 amide bonds. The van der Waals surface area contributed by atoms with E-state index in [-0.39, 0.29) is 0 Å². The summed E-state index contributed by atoms with van der Waals surface area (Å²) in [5.41, 5.74) is 8.64. The normalized spacial score (nSPS) is 11.5. The van der Waals surface area contributed by atoms with Gasteiger partial charge in [0.25, 0.3) is 0 Å². The summed E-state index contributed by atoms with van der Waals surface area (Å²) >= 11 is 13.8. The van der Waals surface area contributed by atoms with Crippen molar-refractivity contribution in [1.29, 1.82) is 0 Å². The number of hydrazone groups is 2. The summed E-state index contributed by atoms with van der Waals surface area (Å²) < 4.78 is 0.969. The monoisotopic (exact) mass is 462 g/mol. The quantitative estimate of drug-likeness (QED) is 0.311. The van der Waals surface area contributed by atoms with E-state index in [1.165, 1.54) is 0 Å². The summed E-state index contributed by atoms with van der Waals surface area (Å²) in [5, 5.41) is 15.4. The molecule has 0 saturated carbocycles. The van der Waals surface area contributed by atoms with E-state index in [2.05, 4.69) is 47.6 Å². The highest BCUT2D eigenvalue weighted by Crippen LogP contribution is 2.14. The second-order valence-electron chi connectivity index (χ2n) is 5.18. The largest absolute Gasteiger partial charge is 0.364 e. The molecular weight excluding hydrogens is 444 g/mol. The molecule has 0 radical (unpaired) electrons. The van der Waals surface area contributed by atoms with Crippen LogP contribution in [0.3, 0.4) is 0 Å². The van der Waals surface area contributed by atoms with Crippen LogP contribution in [0.5, 0.6) is 0 Å². The first-order valence-corrected chi connectivity index (χ1v) is 9.58. The Morgan fingerprint density at radius 2 is 1.19 bits per heavy atom. The number of nitrogens with zero attached hydrogens (tertiary/aromatic N) is 2. The first-order chi connectivity index (χ1) is 13.0. The van der Waals surface area contributed by atoms with Gasteiger partial charge in [-0.1, -0.05) is 58.4 Å². The molecule has 2 rings (SSSR count). The molecule has 140 valence electrons. The van der Waals surface area contributed by atoms with Crippen LogP contribution in [0.1, 0.15) is 11.1 Å². The van der Waals surface area contributed by atoms with Crippen LogP contribution in [0.4, 0.5) is 0 Å². The fraction of sp³-hybridized carbons (Fsp3) is 0.111. The minimum absolute atomic E-state index is 0.399. The average Bonchev–Trinajstić information content (AvgIpc) is 2.71. The Bertz CT molecular complexity index is 850. The van der Waals surface area contributed by atoms with E-state index < -0.39 is 0 Å². The van der Waals surface area contributed by atoms with Crippen LogP contribution in [0.2, 0.25) is 0 Å². The Morgan fingerprint density at radius 1 is 0.741 bits per heavy atom. The van der Waals surface area contributed by atoms with Gasteiger partial charge >= 0.3 is 0 Å². The van der Waals surface area contributed by atoms with Gasteiger partial charge in [0, 0.05) is 29.7 Å². The van der Waals surface area contributed by atoms with Crippen LogP contribution in [-0.2, 0) is 0 Å². The molecule has 0 saturated heterocycles. The zero-order chi connectivity index (χ0) is 19.6. The van der Waals surface area contributed by atoms with Crippen molar-refractivity contribution in [3.8, 4) is 0 Å². The molecule has 4 N–H and O–H groups in total. The van der Waals surface area contributed by atoms with Gasteiger partial charge in [-0.25, -0.2) is 0 Å². The maximum absolute atomic E-state index is 5.15. The van der Waals surface area contributed by atoms with Crippen molar-refractivity contribution in [2.45, 2.75) is 0 Å². The van der Waals surface area contributed by atoms with Gasteiger partial charge in [-0.15, -0.1) is 0 Å². The molecule has 0 aliphatic rings. The third kappa shape index (κ3) is 6.38. The van der Waals surface area contributed by atoms with E-state index in [0.717, 1.165) is 15.6 Å². The smallest absolute Gasteiger partial charge is 0.186 e. The van der Waals surface area contributed by atoms with Crippen LogP contribution < -0.4 is 21.5 Å². The Hall–Kier alpha value is -2.36. The van der Waals surface area contributed by atoms with Gasteiger partial charge in [0.15, 0.2) is 10.2 Å². The van der Waals surface area contributed by atoms with Gasteiger partial charge in [0.1, 0.15) is 11.4 Å². The van der Waals surface area contributed by atoms with Gasteiger partial charge in [0.05, 0.1) is 0 Å². The van der Waals surface area contributed by atoms with Gasteiger partial charge in [-0.3, -0.25) is 10.9 Å². The number of nitrogens with one attached hydrogen (secondary N) is 4. The van der Waals surface area contributed by atoms with Crippen LogP contribution in [0.25, 0.3) is 0 Å². The third-order valence-electron chi connectivity index (χ3n) is 3.38. The van der Waals surface area contributed by atoms with Crippen LogP contribution in [0.15, 0.2) is 69.3 Å². The van der Waals surface area contributed by atoms with Crippen molar-refractivity contribution in [1.82, 2.24) is 21.5 Å². The van der Waals surface area contributed by atoms with Crippen LogP contribution in [-0.4, -0.2) is 35.7 Å². The average molecular weight is 463 g/mol. The molecular formula is C18H19BrN6S2. The van der Waals surface area contributed by atoms with E-state index in [9.17, 15) is 0 Å². The van der Waals surface area contributed by atoms with Crippen molar-refractivity contribution in [3.63, 3.8) is 0 Å². The van der Waals surface area contributed by atoms with Crippen molar-refractivity contribution in [3.05, 3.63) is 70.2 Å². The Labute approximate surface area is 177 Å². The lowest BCUT2D eigenvalue weighted by Crippen LogP contribution is -2.33. The highest BCUT2D eigenvalue weighted by Gasteiger charge is 2.16. The molecule has 0 atom stereocenters. The lowest BCUT2D eigenvalue weighted by Gasteiger charge is -2.13. The van der Waals surface area contributed by atoms with Gasteiger partial charge in [-0.2, -0.15) is 10.2 Å². The van der Waals surface area contributed by atoms with Crippen molar-refractivity contribution in [2.75, 3.05) is 14.1 Å². The number of rotatable bonds is 5. The van der Waals surface area contributed by atoms with Gasteiger partial charge in [0.2, 0.25) is 0 Å². The molecule has 2 aromatic rings. The summed E-state index contributed by atoms with van der Waals surface area (Å²) in [6, 6.07) is 17.5. The van der Waals surface area contributed by atoms with E-state index in [4.69, 9.17) is 24.4 Å². The molecule has 2 aromatic carbocycles. The summed E-state index contributed by atoms with van der Waals surface area (Å²) in [4.78, 5) is 0. The highest BCUT2D eigenvalue weighted by atomic mass is 79.9. The number of benzene rings is 2. The van der Waals surface area contributed by atoms with Crippen molar-refractivity contribution in [2.24, 2.45) is 10.2 Å². The molecule has 0 aliphatic carbocycles. The third-order valence-corrected chi connectivity index (χ3v) is 4.50. The first-order valence-electron chi connectivity index (χ1n) is 7.97. The zero-order valence-electron chi connectivity index (χ0n) is 14.8. The number of thiocarbonyl (C=S) groups is 2. The summed E-state index contributed by atoms with van der Waals surface area (Å²) in [7, 11) is 3.45. The lowest BCUT2D eigenvalue weighted by atomic mass is 10.00. The second-order valence-corrected chi connectivity index (χ2v) is 6.91. The first kappa shape index (κ1) is 20.9. The lowest BCUT2D eigenvalue weighted by molar-refractivity contribution is 0.967. The van der Waals surface area contributed by atoms with E-state index in [1.54, 1.807) is 14.1 Å². The molecule has 0 aliphatic heterocycles. The molecule has 6 nitrogen and oxygen atoms in total. The van der Waals surface area contributed by atoms with E-state index in [0.29, 0.717) is 21.6 Å². The van der Waals surface area contributed by atoms with E-state index >= 15 is 0 Å². The number of halogens is 1. The molecule has 0 bridgehead atoms. The van der Waals surface area contributed by atoms with Crippen LogP contribution in [0, 0.1) is 0 Å². The topological polar surface area (TPSA) is 72.8 Å². The maximum Gasteiger partial charge on any atom is 0.186 e. The molecule has 9 heteroatoms. The molecule has 0 aromatic heterocycles. The summed E-state index contributed by atoms with van der Waals surface area (Å²) in [5.74, 6) is 0. The van der Waals surface area contributed by atoms with Gasteiger partial charge in [-0.05, 0) is 36.6 Å². The molecule has 0 heterocycles. The van der Waals surface area contributed by atoms with Crippen LogP contribution >= 0.6 is 40.4 Å². The Morgan fingerprint density at radius 3 is 1.63 bits per heavy atom. The fourth-order valence-electron chi connectivity index (χ4n) is 2.04. The maximum atomic E-state index is 5.15. The van der Waals surface area contributed by atoms with Crippen molar-refractivity contribution < 1.29 is 0 Å². The minimum Gasteiger partial charge on any atom is -0.364 e. The summed E-state index contributed by atoms with van der Waals surface area (Å²) in [6.45, 7) is 0. The predicted molar refractivity (Wildman–Crippen MR) is 123 cm³/mol. The summed E-state index contributed by atoms with van der Waals surface area (Å²) in [6.07, 6.45) is 0. The minimum atomic E-state index is 0.399.